The zero-order valence-electron chi connectivity index (χ0n) is 19.4. The highest BCUT2D eigenvalue weighted by Crippen LogP contribution is 2.40. The number of benzene rings is 1. The Hall–Kier alpha value is -2.18. The van der Waals surface area contributed by atoms with Crippen LogP contribution in [0.3, 0.4) is 0 Å². The van der Waals surface area contributed by atoms with Crippen LogP contribution in [0.15, 0.2) is 34.9 Å². The van der Waals surface area contributed by atoms with Gasteiger partial charge in [0.05, 0.1) is 17.7 Å². The summed E-state index contributed by atoms with van der Waals surface area (Å²) in [6.07, 6.45) is 7.08. The van der Waals surface area contributed by atoms with Crippen LogP contribution in [0, 0.1) is 13.8 Å². The molecule has 0 N–H and O–H groups in total. The number of rotatable bonds is 6. The highest BCUT2D eigenvalue weighted by atomic mass is 16.5. The molecular weight excluding hydrogens is 402 g/mol. The second kappa shape index (κ2) is 8.99. The summed E-state index contributed by atoms with van der Waals surface area (Å²) >= 11 is 0. The van der Waals surface area contributed by atoms with E-state index in [0.29, 0.717) is 12.5 Å². The first-order chi connectivity index (χ1) is 15.5. The second-order valence-electron chi connectivity index (χ2n) is 9.93. The molecule has 6 heteroatoms. The van der Waals surface area contributed by atoms with Crippen molar-refractivity contribution in [2.75, 3.05) is 19.7 Å². The summed E-state index contributed by atoms with van der Waals surface area (Å²) in [6, 6.07) is 12.2. The number of carbonyl (C=O) groups excluding carboxylic acids is 1. The fraction of sp³-hybridized carbons (Fsp3) is 0.615. The predicted octanol–water partition coefficient (Wildman–Crippen LogP) is 4.04. The van der Waals surface area contributed by atoms with Crippen LogP contribution < -0.4 is 0 Å². The third kappa shape index (κ3) is 4.62. The van der Waals surface area contributed by atoms with Crippen molar-refractivity contribution in [2.24, 2.45) is 0 Å². The maximum Gasteiger partial charge on any atom is 0.227 e. The Balaban J connectivity index is 1.20. The van der Waals surface area contributed by atoms with Crippen LogP contribution in [0.25, 0.3) is 0 Å². The van der Waals surface area contributed by atoms with Gasteiger partial charge < -0.3 is 14.2 Å². The van der Waals surface area contributed by atoms with Gasteiger partial charge in [0.2, 0.25) is 5.91 Å². The predicted molar refractivity (Wildman–Crippen MR) is 122 cm³/mol. The summed E-state index contributed by atoms with van der Waals surface area (Å²) in [5.41, 5.74) is 3.08. The molecule has 0 radical (unpaired) electrons. The zero-order chi connectivity index (χ0) is 22.1. The average Bonchev–Trinajstić information content (AvgIpc) is 3.60. The Morgan fingerprint density at radius 2 is 1.88 bits per heavy atom. The Morgan fingerprint density at radius 1 is 1.12 bits per heavy atom. The van der Waals surface area contributed by atoms with Gasteiger partial charge in [0.25, 0.3) is 0 Å². The van der Waals surface area contributed by atoms with Crippen molar-refractivity contribution >= 4 is 5.91 Å². The van der Waals surface area contributed by atoms with Gasteiger partial charge in [0.15, 0.2) is 0 Å². The van der Waals surface area contributed by atoms with E-state index in [0.717, 1.165) is 75.0 Å². The lowest BCUT2D eigenvalue weighted by atomic mass is 9.81. The second-order valence-corrected chi connectivity index (χ2v) is 9.93. The Morgan fingerprint density at radius 3 is 2.53 bits per heavy atom. The quantitative estimate of drug-likeness (QED) is 0.683. The van der Waals surface area contributed by atoms with Crippen molar-refractivity contribution in [2.45, 2.75) is 83.0 Å². The van der Waals surface area contributed by atoms with Crippen LogP contribution in [0.1, 0.15) is 61.1 Å². The van der Waals surface area contributed by atoms with Crippen molar-refractivity contribution in [1.29, 1.82) is 0 Å². The van der Waals surface area contributed by atoms with E-state index >= 15 is 0 Å². The van der Waals surface area contributed by atoms with E-state index < -0.39 is 0 Å². The number of ether oxygens (including phenoxy) is 1. The minimum Gasteiger partial charge on any atom is -0.375 e. The molecule has 1 amide bonds. The lowest BCUT2D eigenvalue weighted by Gasteiger charge is -2.48. The van der Waals surface area contributed by atoms with Gasteiger partial charge in [-0.3, -0.25) is 9.69 Å². The standard InChI is InChI=1S/C26H35N3O3/c1-19-24(20(2)32-27-19)16-25(30)28-13-11-26(12-14-28)17-23(10-15-31-26)29(22-8-9-22)18-21-6-4-3-5-7-21/h3-7,22-23H,8-18H2,1-2H3. The lowest BCUT2D eigenvalue weighted by molar-refractivity contribution is -0.149. The number of hydrogen-bond acceptors (Lipinski definition) is 5. The number of carbonyl (C=O) groups is 1. The molecule has 32 heavy (non-hydrogen) atoms. The topological polar surface area (TPSA) is 58.8 Å². The fourth-order valence-corrected chi connectivity index (χ4v) is 5.57. The van der Waals surface area contributed by atoms with Crippen LogP contribution in [0.4, 0.5) is 0 Å². The number of piperidine rings is 1. The van der Waals surface area contributed by atoms with E-state index in [1.165, 1.54) is 18.4 Å². The first kappa shape index (κ1) is 21.7. The number of amides is 1. The van der Waals surface area contributed by atoms with E-state index in [9.17, 15) is 4.79 Å². The first-order valence-corrected chi connectivity index (χ1v) is 12.2. The van der Waals surface area contributed by atoms with Crippen LogP contribution in [-0.4, -0.2) is 58.2 Å². The molecular formula is C26H35N3O3. The van der Waals surface area contributed by atoms with Gasteiger partial charge in [-0.15, -0.1) is 0 Å². The van der Waals surface area contributed by atoms with Crippen LogP contribution in [0.5, 0.6) is 0 Å². The SMILES string of the molecule is Cc1noc(C)c1CC(=O)N1CCC2(CC1)CC(N(Cc1ccccc1)C1CC1)CCO2. The summed E-state index contributed by atoms with van der Waals surface area (Å²) in [4.78, 5) is 17.7. The molecule has 5 rings (SSSR count). The van der Waals surface area contributed by atoms with Crippen molar-refractivity contribution in [1.82, 2.24) is 15.0 Å². The van der Waals surface area contributed by atoms with Crippen molar-refractivity contribution < 1.29 is 14.1 Å². The van der Waals surface area contributed by atoms with E-state index in [4.69, 9.17) is 9.26 Å². The monoisotopic (exact) mass is 437 g/mol. The minimum atomic E-state index is -0.0768. The molecule has 3 heterocycles. The van der Waals surface area contributed by atoms with Crippen molar-refractivity contribution in [3.63, 3.8) is 0 Å². The molecule has 2 saturated heterocycles. The molecule has 2 aromatic rings. The molecule has 6 nitrogen and oxygen atoms in total. The van der Waals surface area contributed by atoms with Gasteiger partial charge in [-0.2, -0.15) is 0 Å². The normalized spacial score (nSPS) is 23.1. The average molecular weight is 438 g/mol. The van der Waals surface area contributed by atoms with Gasteiger partial charge >= 0.3 is 0 Å². The number of aromatic nitrogens is 1. The Labute approximate surface area is 190 Å². The van der Waals surface area contributed by atoms with E-state index in [2.05, 4.69) is 40.4 Å². The number of aryl methyl sites for hydroxylation is 2. The van der Waals surface area contributed by atoms with Crippen LogP contribution in [0.2, 0.25) is 0 Å². The fourth-order valence-electron chi connectivity index (χ4n) is 5.57. The number of likely N-dealkylation sites (tertiary alicyclic amines) is 1. The molecule has 3 aliphatic rings. The van der Waals surface area contributed by atoms with Gasteiger partial charge in [0.1, 0.15) is 5.76 Å². The van der Waals surface area contributed by atoms with Crippen molar-refractivity contribution in [3.8, 4) is 0 Å². The summed E-state index contributed by atoms with van der Waals surface area (Å²) in [5, 5.41) is 3.99. The van der Waals surface area contributed by atoms with Crippen molar-refractivity contribution in [3.05, 3.63) is 52.9 Å². The largest absolute Gasteiger partial charge is 0.375 e. The van der Waals surface area contributed by atoms with Gasteiger partial charge in [-0.1, -0.05) is 35.5 Å². The zero-order valence-corrected chi connectivity index (χ0v) is 19.4. The molecule has 3 fully saturated rings. The summed E-state index contributed by atoms with van der Waals surface area (Å²) in [6.45, 7) is 7.20. The van der Waals surface area contributed by atoms with Crippen LogP contribution >= 0.6 is 0 Å². The Bertz CT molecular complexity index is 910. The first-order valence-electron chi connectivity index (χ1n) is 12.2. The minimum absolute atomic E-state index is 0.0768. The third-order valence-electron chi connectivity index (χ3n) is 7.70. The summed E-state index contributed by atoms with van der Waals surface area (Å²) in [5.74, 6) is 0.923. The Kier molecular flexibility index (Phi) is 6.08. The van der Waals surface area contributed by atoms with E-state index in [1.54, 1.807) is 0 Å². The molecule has 1 spiro atoms. The molecule has 0 bridgehead atoms. The number of hydrogen-bond donors (Lipinski definition) is 0. The van der Waals surface area contributed by atoms with Crippen LogP contribution in [-0.2, 0) is 22.5 Å². The highest BCUT2D eigenvalue weighted by molar-refractivity contribution is 5.79. The molecule has 1 aromatic carbocycles. The number of nitrogens with zero attached hydrogens (tertiary/aromatic N) is 3. The smallest absolute Gasteiger partial charge is 0.227 e. The molecule has 2 aliphatic heterocycles. The summed E-state index contributed by atoms with van der Waals surface area (Å²) < 4.78 is 11.6. The molecule has 1 aromatic heterocycles. The molecule has 1 aliphatic carbocycles. The van der Waals surface area contributed by atoms with Gasteiger partial charge in [0, 0.05) is 43.9 Å². The molecule has 172 valence electrons. The maximum atomic E-state index is 12.9. The molecule has 1 unspecified atom stereocenters. The van der Waals surface area contributed by atoms with Gasteiger partial charge in [-0.05, 0) is 57.9 Å². The molecule has 1 atom stereocenters. The lowest BCUT2D eigenvalue weighted by Crippen LogP contribution is -2.54. The van der Waals surface area contributed by atoms with E-state index in [-0.39, 0.29) is 11.5 Å². The maximum absolute atomic E-state index is 12.9. The van der Waals surface area contributed by atoms with Gasteiger partial charge in [-0.25, -0.2) is 0 Å². The molecule has 1 saturated carbocycles. The third-order valence-corrected chi connectivity index (χ3v) is 7.70. The summed E-state index contributed by atoms with van der Waals surface area (Å²) in [7, 11) is 0. The highest BCUT2D eigenvalue weighted by Gasteiger charge is 2.45. The van der Waals surface area contributed by atoms with E-state index in [1.807, 2.05) is 18.7 Å².